The number of hydrogen-bond acceptors (Lipinski definition) is 0. The smallest absolute Gasteiger partial charge is 0.0133 e. The van der Waals surface area contributed by atoms with Gasteiger partial charge in [-0.3, -0.25) is 0 Å². The van der Waals surface area contributed by atoms with Gasteiger partial charge in [0, 0.05) is 5.41 Å². The maximum atomic E-state index is 2.41. The number of allylic oxidation sites excluding steroid dienone is 6. The first-order valence-electron chi connectivity index (χ1n) is 4.39. The van der Waals surface area contributed by atoms with Crippen LogP contribution >= 0.6 is 0 Å². The van der Waals surface area contributed by atoms with Crippen molar-refractivity contribution in [2.75, 3.05) is 0 Å². The second-order valence-electron chi connectivity index (χ2n) is 4.10. The van der Waals surface area contributed by atoms with Gasteiger partial charge in [0.25, 0.3) is 0 Å². The Labute approximate surface area is 67.3 Å². The minimum absolute atomic E-state index is 0.497. The zero-order chi connectivity index (χ0) is 7.36. The van der Waals surface area contributed by atoms with Gasteiger partial charge in [0.1, 0.15) is 0 Å². The van der Waals surface area contributed by atoms with E-state index in [1.165, 1.54) is 19.3 Å². The molecule has 1 saturated carbocycles. The molecule has 0 heterocycles. The molecule has 0 aromatic rings. The van der Waals surface area contributed by atoms with E-state index in [1.54, 1.807) is 0 Å². The van der Waals surface area contributed by atoms with E-state index < -0.39 is 0 Å². The third-order valence-electron chi connectivity index (χ3n) is 3.57. The summed E-state index contributed by atoms with van der Waals surface area (Å²) in [6.45, 7) is 0. The SMILES string of the molecule is C1=CCC23CC=CC2(C=C1)C3. The van der Waals surface area contributed by atoms with Gasteiger partial charge in [0.15, 0.2) is 0 Å². The van der Waals surface area contributed by atoms with Crippen molar-refractivity contribution in [2.24, 2.45) is 10.8 Å². The lowest BCUT2D eigenvalue weighted by atomic mass is 9.93. The Kier molecular flexibility index (Phi) is 0.806. The van der Waals surface area contributed by atoms with E-state index in [-0.39, 0.29) is 0 Å². The summed E-state index contributed by atoms with van der Waals surface area (Å²) in [5.74, 6) is 0. The van der Waals surface area contributed by atoms with E-state index in [9.17, 15) is 0 Å². The minimum atomic E-state index is 0.497. The van der Waals surface area contributed by atoms with Crippen molar-refractivity contribution < 1.29 is 0 Å². The maximum absolute atomic E-state index is 2.41. The molecule has 1 fully saturated rings. The first-order chi connectivity index (χ1) is 5.37. The molecule has 56 valence electrons. The fourth-order valence-electron chi connectivity index (χ4n) is 2.74. The van der Waals surface area contributed by atoms with Gasteiger partial charge in [-0.25, -0.2) is 0 Å². The van der Waals surface area contributed by atoms with E-state index in [2.05, 4.69) is 36.5 Å². The van der Waals surface area contributed by atoms with E-state index in [4.69, 9.17) is 0 Å². The van der Waals surface area contributed by atoms with Crippen molar-refractivity contribution in [3.63, 3.8) is 0 Å². The Bertz CT molecular complexity index is 282. The number of hydrogen-bond donors (Lipinski definition) is 0. The molecule has 3 rings (SSSR count). The first-order valence-corrected chi connectivity index (χ1v) is 4.39. The van der Waals surface area contributed by atoms with Crippen LogP contribution in [0.25, 0.3) is 0 Å². The van der Waals surface area contributed by atoms with E-state index in [0.29, 0.717) is 10.8 Å². The molecule has 2 unspecified atom stereocenters. The van der Waals surface area contributed by atoms with Gasteiger partial charge in [-0.05, 0) is 24.7 Å². The van der Waals surface area contributed by atoms with Crippen LogP contribution in [0.5, 0.6) is 0 Å². The summed E-state index contributed by atoms with van der Waals surface area (Å²) in [5.41, 5.74) is 1.13. The summed E-state index contributed by atoms with van der Waals surface area (Å²) in [5, 5.41) is 0. The van der Waals surface area contributed by atoms with Gasteiger partial charge >= 0.3 is 0 Å². The van der Waals surface area contributed by atoms with Gasteiger partial charge < -0.3 is 0 Å². The molecule has 0 aromatic heterocycles. The average molecular weight is 144 g/mol. The van der Waals surface area contributed by atoms with Gasteiger partial charge in [0.05, 0.1) is 0 Å². The van der Waals surface area contributed by atoms with E-state index in [0.717, 1.165) is 0 Å². The molecule has 0 spiro atoms. The summed E-state index contributed by atoms with van der Waals surface area (Å²) < 4.78 is 0. The molecule has 11 heavy (non-hydrogen) atoms. The van der Waals surface area contributed by atoms with E-state index >= 15 is 0 Å². The lowest BCUT2D eigenvalue weighted by Crippen LogP contribution is -2.02. The highest BCUT2D eigenvalue weighted by atomic mass is 14.7. The van der Waals surface area contributed by atoms with Crippen molar-refractivity contribution in [1.82, 2.24) is 0 Å². The molecule has 0 aliphatic heterocycles. The molecule has 0 bridgehead atoms. The summed E-state index contributed by atoms with van der Waals surface area (Å²) in [4.78, 5) is 0. The van der Waals surface area contributed by atoms with Crippen LogP contribution in [0.3, 0.4) is 0 Å². The van der Waals surface area contributed by atoms with Crippen molar-refractivity contribution >= 4 is 0 Å². The quantitative estimate of drug-likeness (QED) is 0.458. The number of rotatable bonds is 0. The lowest BCUT2D eigenvalue weighted by molar-refractivity contribution is 0.477. The first kappa shape index (κ1) is 5.82. The predicted molar refractivity (Wildman–Crippen MR) is 46.1 cm³/mol. The van der Waals surface area contributed by atoms with Gasteiger partial charge in [-0.1, -0.05) is 36.5 Å². The molecule has 0 nitrogen and oxygen atoms in total. The van der Waals surface area contributed by atoms with Crippen LogP contribution < -0.4 is 0 Å². The van der Waals surface area contributed by atoms with Crippen LogP contribution in [0.15, 0.2) is 36.5 Å². The second-order valence-corrected chi connectivity index (χ2v) is 4.10. The summed E-state index contributed by atoms with van der Waals surface area (Å²) in [6, 6.07) is 0. The van der Waals surface area contributed by atoms with Crippen LogP contribution in [0.1, 0.15) is 19.3 Å². The third-order valence-corrected chi connectivity index (χ3v) is 3.57. The second kappa shape index (κ2) is 1.52. The topological polar surface area (TPSA) is 0 Å². The standard InChI is InChI=1S/C11H12/c1-2-5-10-7-4-8-11(10,9-10)6-3-1/h1-5,7H,6,8-9H2. The molecule has 0 amide bonds. The Balaban J connectivity index is 2.09. The molecule has 0 N–H and O–H groups in total. The molecule has 2 atom stereocenters. The highest BCUT2D eigenvalue weighted by Crippen LogP contribution is 2.73. The highest BCUT2D eigenvalue weighted by molar-refractivity contribution is 5.40. The Morgan fingerprint density at radius 3 is 2.82 bits per heavy atom. The van der Waals surface area contributed by atoms with Crippen molar-refractivity contribution in [1.29, 1.82) is 0 Å². The van der Waals surface area contributed by atoms with Crippen LogP contribution in [-0.4, -0.2) is 0 Å². The molecule has 0 saturated heterocycles. The third kappa shape index (κ3) is 0.526. The molecule has 0 aromatic carbocycles. The van der Waals surface area contributed by atoms with Crippen molar-refractivity contribution in [3.8, 4) is 0 Å². The summed E-state index contributed by atoms with van der Waals surface area (Å²) in [7, 11) is 0. The molecular formula is C11H12. The Hall–Kier alpha value is -0.780. The molecule has 0 heteroatoms. The van der Waals surface area contributed by atoms with Crippen LogP contribution in [0.4, 0.5) is 0 Å². The Morgan fingerprint density at radius 2 is 1.82 bits per heavy atom. The fourth-order valence-corrected chi connectivity index (χ4v) is 2.74. The van der Waals surface area contributed by atoms with Gasteiger partial charge in [-0.15, -0.1) is 0 Å². The highest BCUT2D eigenvalue weighted by Gasteiger charge is 2.64. The minimum Gasteiger partial charge on any atom is -0.0870 e. The lowest BCUT2D eigenvalue weighted by Gasteiger charge is -2.10. The largest absolute Gasteiger partial charge is 0.0870 e. The summed E-state index contributed by atoms with van der Waals surface area (Å²) in [6.07, 6.45) is 17.9. The Morgan fingerprint density at radius 1 is 0.909 bits per heavy atom. The molecule has 3 aliphatic rings. The maximum Gasteiger partial charge on any atom is 0.0133 e. The van der Waals surface area contributed by atoms with Crippen LogP contribution in [-0.2, 0) is 0 Å². The molecule has 3 aliphatic carbocycles. The van der Waals surface area contributed by atoms with E-state index in [1.807, 2.05) is 0 Å². The molecular weight excluding hydrogens is 132 g/mol. The molecule has 0 radical (unpaired) electrons. The zero-order valence-electron chi connectivity index (χ0n) is 6.59. The normalized spacial score (nSPS) is 50.2. The fraction of sp³-hybridized carbons (Fsp3) is 0.455. The summed E-state index contributed by atoms with van der Waals surface area (Å²) >= 11 is 0. The van der Waals surface area contributed by atoms with Crippen molar-refractivity contribution in [2.45, 2.75) is 19.3 Å². The van der Waals surface area contributed by atoms with Gasteiger partial charge in [-0.2, -0.15) is 0 Å². The van der Waals surface area contributed by atoms with Crippen LogP contribution in [0, 0.1) is 10.8 Å². The van der Waals surface area contributed by atoms with Crippen LogP contribution in [0.2, 0.25) is 0 Å². The monoisotopic (exact) mass is 144 g/mol. The van der Waals surface area contributed by atoms with Gasteiger partial charge in [0.2, 0.25) is 0 Å². The average Bonchev–Trinajstić information content (AvgIpc) is 2.51. The zero-order valence-corrected chi connectivity index (χ0v) is 6.59. The van der Waals surface area contributed by atoms with Crippen molar-refractivity contribution in [3.05, 3.63) is 36.5 Å². The predicted octanol–water partition coefficient (Wildman–Crippen LogP) is 2.84.